The normalized spacial score (nSPS) is 12.2. The predicted octanol–water partition coefficient (Wildman–Crippen LogP) is 3.54. The van der Waals surface area contributed by atoms with Gasteiger partial charge in [-0.25, -0.2) is 4.79 Å². The Balaban J connectivity index is 2.14. The van der Waals surface area contributed by atoms with Crippen LogP contribution in [0.15, 0.2) is 42.5 Å². The largest absolute Gasteiger partial charge is 0.425 e. The average Bonchev–Trinajstić information content (AvgIpc) is 2.46. The molecule has 0 saturated carbocycles. The van der Waals surface area contributed by atoms with Gasteiger partial charge in [0, 0.05) is 6.92 Å². The minimum absolute atomic E-state index is 0.260. The zero-order chi connectivity index (χ0) is 15.4. The molecule has 0 aliphatic carbocycles. The highest BCUT2D eigenvalue weighted by Crippen LogP contribution is 2.19. The smallest absolute Gasteiger partial charge is 0.341 e. The highest BCUT2D eigenvalue weighted by Gasteiger charge is 2.18. The summed E-state index contributed by atoms with van der Waals surface area (Å²) < 4.78 is 10.2. The van der Waals surface area contributed by atoms with Crippen LogP contribution in [0.5, 0.6) is 0 Å². The molecule has 0 spiro atoms. The van der Waals surface area contributed by atoms with Crippen molar-refractivity contribution in [3.8, 4) is 0 Å². The van der Waals surface area contributed by atoms with Crippen LogP contribution < -0.4 is 0 Å². The zero-order valence-electron chi connectivity index (χ0n) is 12.3. The third kappa shape index (κ3) is 3.60. The number of carbonyl (C=O) groups excluding carboxylic acids is 2. The van der Waals surface area contributed by atoms with E-state index in [9.17, 15) is 9.59 Å². The van der Waals surface area contributed by atoms with Gasteiger partial charge >= 0.3 is 11.9 Å². The fourth-order valence-electron chi connectivity index (χ4n) is 1.94. The van der Waals surface area contributed by atoms with E-state index in [0.29, 0.717) is 5.56 Å². The molecule has 0 aliphatic heterocycles. The van der Waals surface area contributed by atoms with Gasteiger partial charge in [0.25, 0.3) is 0 Å². The van der Waals surface area contributed by atoms with Crippen molar-refractivity contribution in [3.05, 3.63) is 48.0 Å². The summed E-state index contributed by atoms with van der Waals surface area (Å²) >= 11 is 0. The van der Waals surface area contributed by atoms with Crippen LogP contribution in [-0.4, -0.2) is 18.2 Å². The Kier molecular flexibility index (Phi) is 4.58. The van der Waals surface area contributed by atoms with Crippen molar-refractivity contribution in [2.45, 2.75) is 27.1 Å². The van der Waals surface area contributed by atoms with Crippen molar-refractivity contribution in [3.63, 3.8) is 0 Å². The highest BCUT2D eigenvalue weighted by molar-refractivity contribution is 6.04. The monoisotopic (exact) mass is 286 g/mol. The van der Waals surface area contributed by atoms with E-state index in [1.165, 1.54) is 6.92 Å². The van der Waals surface area contributed by atoms with Crippen LogP contribution in [-0.2, 0) is 14.3 Å². The standard InChI is InChI=1S/C17H18O4/c1-11(2)16(18)20-12(3)21-17(19)15-10-6-8-13-7-4-5-9-14(13)15/h4-12H,1-3H3. The summed E-state index contributed by atoms with van der Waals surface area (Å²) in [6.07, 6.45) is -0.911. The van der Waals surface area contributed by atoms with Crippen molar-refractivity contribution in [1.82, 2.24) is 0 Å². The lowest BCUT2D eigenvalue weighted by molar-refractivity contribution is -0.169. The molecule has 2 rings (SSSR count). The van der Waals surface area contributed by atoms with Gasteiger partial charge in [-0.2, -0.15) is 0 Å². The summed E-state index contributed by atoms with van der Waals surface area (Å²) in [5.41, 5.74) is 0.459. The van der Waals surface area contributed by atoms with E-state index in [4.69, 9.17) is 9.47 Å². The van der Waals surface area contributed by atoms with Gasteiger partial charge < -0.3 is 9.47 Å². The van der Waals surface area contributed by atoms with Crippen LogP contribution in [0, 0.1) is 5.92 Å². The van der Waals surface area contributed by atoms with Gasteiger partial charge in [0.05, 0.1) is 11.5 Å². The molecule has 110 valence electrons. The molecule has 0 saturated heterocycles. The second kappa shape index (κ2) is 6.39. The summed E-state index contributed by atoms with van der Waals surface area (Å²) in [7, 11) is 0. The number of benzene rings is 2. The number of esters is 2. The first-order valence-electron chi connectivity index (χ1n) is 6.88. The Hall–Kier alpha value is -2.36. The second-order valence-electron chi connectivity index (χ2n) is 5.09. The molecular formula is C17H18O4. The lowest BCUT2D eigenvalue weighted by atomic mass is 10.1. The van der Waals surface area contributed by atoms with Crippen LogP contribution in [0.1, 0.15) is 31.1 Å². The average molecular weight is 286 g/mol. The fraction of sp³-hybridized carbons (Fsp3) is 0.294. The van der Waals surface area contributed by atoms with E-state index in [1.54, 1.807) is 26.0 Å². The lowest BCUT2D eigenvalue weighted by Crippen LogP contribution is -2.24. The Morgan fingerprint density at radius 1 is 0.905 bits per heavy atom. The van der Waals surface area contributed by atoms with Crippen LogP contribution in [0.3, 0.4) is 0 Å². The number of carbonyl (C=O) groups is 2. The fourth-order valence-corrected chi connectivity index (χ4v) is 1.94. The Labute approximate surface area is 123 Å². The van der Waals surface area contributed by atoms with E-state index >= 15 is 0 Å². The Morgan fingerprint density at radius 2 is 1.57 bits per heavy atom. The van der Waals surface area contributed by atoms with Crippen molar-refractivity contribution in [2.75, 3.05) is 0 Å². The predicted molar refractivity (Wildman–Crippen MR) is 79.8 cm³/mol. The molecule has 0 fully saturated rings. The number of hydrogen-bond donors (Lipinski definition) is 0. The molecule has 0 amide bonds. The SMILES string of the molecule is CC(OC(=O)c1cccc2ccccc12)OC(=O)C(C)C. The molecule has 1 atom stereocenters. The van der Waals surface area contributed by atoms with Crippen molar-refractivity contribution in [2.24, 2.45) is 5.92 Å². The quantitative estimate of drug-likeness (QED) is 0.637. The number of rotatable bonds is 4. The Morgan fingerprint density at radius 3 is 2.29 bits per heavy atom. The van der Waals surface area contributed by atoms with Gasteiger partial charge in [0.2, 0.25) is 6.29 Å². The molecule has 0 aliphatic rings. The van der Waals surface area contributed by atoms with Gasteiger partial charge in [-0.3, -0.25) is 4.79 Å². The molecule has 2 aromatic carbocycles. The molecule has 0 N–H and O–H groups in total. The number of fused-ring (bicyclic) bond motifs is 1. The van der Waals surface area contributed by atoms with Gasteiger partial charge in [0.15, 0.2) is 0 Å². The molecule has 2 aromatic rings. The topological polar surface area (TPSA) is 52.6 Å². The highest BCUT2D eigenvalue weighted by atomic mass is 16.7. The minimum atomic E-state index is -0.911. The van der Waals surface area contributed by atoms with E-state index in [-0.39, 0.29) is 5.92 Å². The van der Waals surface area contributed by atoms with Crippen molar-refractivity contribution >= 4 is 22.7 Å². The van der Waals surface area contributed by atoms with E-state index in [0.717, 1.165) is 10.8 Å². The first-order valence-corrected chi connectivity index (χ1v) is 6.88. The molecule has 0 heterocycles. The molecule has 0 aromatic heterocycles. The van der Waals surface area contributed by atoms with Gasteiger partial charge in [-0.05, 0) is 16.8 Å². The third-order valence-electron chi connectivity index (χ3n) is 3.04. The summed E-state index contributed by atoms with van der Waals surface area (Å²) in [6, 6.07) is 13.0. The number of hydrogen-bond acceptors (Lipinski definition) is 4. The summed E-state index contributed by atoms with van der Waals surface area (Å²) in [6.45, 7) is 4.98. The first kappa shape index (κ1) is 15.0. The lowest BCUT2D eigenvalue weighted by Gasteiger charge is -2.16. The number of ether oxygens (including phenoxy) is 2. The van der Waals surface area contributed by atoms with Gasteiger partial charge in [-0.1, -0.05) is 50.2 Å². The van der Waals surface area contributed by atoms with E-state index < -0.39 is 18.2 Å². The summed E-state index contributed by atoms with van der Waals surface area (Å²) in [5, 5.41) is 1.77. The first-order chi connectivity index (χ1) is 9.99. The maximum Gasteiger partial charge on any atom is 0.341 e. The van der Waals surface area contributed by atoms with Crippen molar-refractivity contribution < 1.29 is 19.1 Å². The second-order valence-corrected chi connectivity index (χ2v) is 5.09. The van der Waals surface area contributed by atoms with Crippen LogP contribution in [0.25, 0.3) is 10.8 Å². The van der Waals surface area contributed by atoms with Crippen LogP contribution in [0.2, 0.25) is 0 Å². The molecular weight excluding hydrogens is 268 g/mol. The molecule has 4 heteroatoms. The van der Waals surface area contributed by atoms with E-state index in [2.05, 4.69) is 0 Å². The summed E-state index contributed by atoms with van der Waals surface area (Å²) in [5.74, 6) is -1.16. The maximum atomic E-state index is 12.2. The zero-order valence-corrected chi connectivity index (χ0v) is 12.3. The Bertz CT molecular complexity index is 655. The third-order valence-corrected chi connectivity index (χ3v) is 3.04. The van der Waals surface area contributed by atoms with Crippen LogP contribution >= 0.6 is 0 Å². The maximum absolute atomic E-state index is 12.2. The van der Waals surface area contributed by atoms with Gasteiger partial charge in [-0.15, -0.1) is 0 Å². The van der Waals surface area contributed by atoms with Crippen molar-refractivity contribution in [1.29, 1.82) is 0 Å². The molecule has 1 unspecified atom stereocenters. The molecule has 4 nitrogen and oxygen atoms in total. The molecule has 0 bridgehead atoms. The summed E-state index contributed by atoms with van der Waals surface area (Å²) in [4.78, 5) is 23.7. The molecule has 0 radical (unpaired) electrons. The minimum Gasteiger partial charge on any atom is -0.425 e. The van der Waals surface area contributed by atoms with Crippen LogP contribution in [0.4, 0.5) is 0 Å². The van der Waals surface area contributed by atoms with Gasteiger partial charge in [0.1, 0.15) is 0 Å². The van der Waals surface area contributed by atoms with E-state index in [1.807, 2.05) is 30.3 Å². The molecule has 21 heavy (non-hydrogen) atoms.